The van der Waals surface area contributed by atoms with Crippen molar-refractivity contribution in [1.29, 1.82) is 0 Å². The number of pyridine rings is 1. The molecule has 1 aromatic rings. The van der Waals surface area contributed by atoms with E-state index in [4.69, 9.17) is 5.11 Å². The lowest BCUT2D eigenvalue weighted by Gasteiger charge is -2.20. The fourth-order valence-electron chi connectivity index (χ4n) is 1.72. The maximum Gasteiger partial charge on any atom is 0.272 e. The number of carbonyl (C=O) groups excluding carboxylic acids is 1. The fourth-order valence-corrected chi connectivity index (χ4v) is 1.72. The number of nitrogens with zero attached hydrogens (tertiary/aromatic N) is 2. The number of aliphatic hydroxyl groups is 1. The summed E-state index contributed by atoms with van der Waals surface area (Å²) in [5.74, 6) is -0.0852. The Bertz CT molecular complexity index is 379. The molecule has 0 bridgehead atoms. The van der Waals surface area contributed by atoms with Crippen LogP contribution in [0.5, 0.6) is 0 Å². The van der Waals surface area contributed by atoms with Crippen LogP contribution in [0.15, 0.2) is 18.3 Å². The Labute approximate surface area is 114 Å². The van der Waals surface area contributed by atoms with Crippen molar-refractivity contribution in [1.82, 2.24) is 9.88 Å². The highest BCUT2D eigenvalue weighted by Crippen LogP contribution is 2.08. The molecule has 19 heavy (non-hydrogen) atoms. The second kappa shape index (κ2) is 8.48. The van der Waals surface area contributed by atoms with Crippen LogP contribution in [0.1, 0.15) is 37.2 Å². The molecule has 0 atom stereocenters. The predicted octanol–water partition coefficient (Wildman–Crippen LogP) is 1.75. The number of amides is 1. The molecule has 5 nitrogen and oxygen atoms in total. The van der Waals surface area contributed by atoms with Crippen LogP contribution in [0.2, 0.25) is 0 Å². The minimum Gasteiger partial charge on any atom is -0.396 e. The van der Waals surface area contributed by atoms with Gasteiger partial charge in [0.05, 0.1) is 11.9 Å². The quantitative estimate of drug-likeness (QED) is 0.751. The van der Waals surface area contributed by atoms with Crippen LogP contribution in [-0.2, 0) is 0 Å². The van der Waals surface area contributed by atoms with Gasteiger partial charge in [-0.1, -0.05) is 6.92 Å². The first-order chi connectivity index (χ1) is 9.22. The van der Waals surface area contributed by atoms with E-state index in [9.17, 15) is 4.79 Å². The van der Waals surface area contributed by atoms with Crippen LogP contribution in [0.4, 0.5) is 5.69 Å². The summed E-state index contributed by atoms with van der Waals surface area (Å²) in [4.78, 5) is 18.1. The second-order valence-electron chi connectivity index (χ2n) is 4.32. The topological polar surface area (TPSA) is 65.5 Å². The van der Waals surface area contributed by atoms with Crippen LogP contribution in [0, 0.1) is 0 Å². The highest BCUT2D eigenvalue weighted by molar-refractivity contribution is 5.92. The molecule has 0 saturated heterocycles. The Balaban J connectivity index is 2.65. The molecule has 0 fully saturated rings. The molecule has 1 amide bonds. The third-order valence-corrected chi connectivity index (χ3v) is 2.82. The molecule has 0 saturated carbocycles. The standard InChI is InChI=1S/C14H23N3O2/c1-3-8-15-12-6-7-13(16-11-12)14(19)17(4-2)9-5-10-18/h6-7,11,15,18H,3-5,8-10H2,1-2H3. The zero-order chi connectivity index (χ0) is 14.1. The van der Waals surface area contributed by atoms with Gasteiger partial charge in [-0.05, 0) is 31.9 Å². The maximum atomic E-state index is 12.2. The average Bonchev–Trinajstić information content (AvgIpc) is 2.46. The molecule has 0 radical (unpaired) electrons. The maximum absolute atomic E-state index is 12.2. The van der Waals surface area contributed by atoms with Crippen molar-refractivity contribution < 1.29 is 9.90 Å². The lowest BCUT2D eigenvalue weighted by molar-refractivity contribution is 0.0748. The first-order valence-electron chi connectivity index (χ1n) is 6.83. The van der Waals surface area contributed by atoms with E-state index in [1.54, 1.807) is 17.2 Å². The molecule has 2 N–H and O–H groups in total. The number of carbonyl (C=O) groups is 1. The lowest BCUT2D eigenvalue weighted by atomic mass is 10.2. The number of aromatic nitrogens is 1. The Hall–Kier alpha value is -1.62. The molecule has 1 aromatic heterocycles. The zero-order valence-electron chi connectivity index (χ0n) is 11.7. The number of nitrogens with one attached hydrogen (secondary N) is 1. The summed E-state index contributed by atoms with van der Waals surface area (Å²) in [6, 6.07) is 3.61. The minimum atomic E-state index is -0.0852. The van der Waals surface area contributed by atoms with E-state index < -0.39 is 0 Å². The van der Waals surface area contributed by atoms with E-state index in [0.717, 1.165) is 18.7 Å². The van der Waals surface area contributed by atoms with Gasteiger partial charge in [-0.2, -0.15) is 0 Å². The van der Waals surface area contributed by atoms with Gasteiger partial charge in [-0.15, -0.1) is 0 Å². The molecule has 5 heteroatoms. The van der Waals surface area contributed by atoms with E-state index in [1.165, 1.54) is 0 Å². The van der Waals surface area contributed by atoms with Crippen molar-refractivity contribution in [3.63, 3.8) is 0 Å². The largest absolute Gasteiger partial charge is 0.396 e. The Kier molecular flexibility index (Phi) is 6.89. The van der Waals surface area contributed by atoms with Crippen molar-refractivity contribution in [3.05, 3.63) is 24.0 Å². The summed E-state index contributed by atoms with van der Waals surface area (Å²) in [5, 5.41) is 12.0. The minimum absolute atomic E-state index is 0.0852. The van der Waals surface area contributed by atoms with E-state index in [2.05, 4.69) is 17.2 Å². The Morgan fingerprint density at radius 3 is 2.74 bits per heavy atom. The highest BCUT2D eigenvalue weighted by atomic mass is 16.3. The number of rotatable bonds is 8. The molecule has 0 aliphatic rings. The predicted molar refractivity (Wildman–Crippen MR) is 76.3 cm³/mol. The van der Waals surface area contributed by atoms with Gasteiger partial charge in [0.25, 0.3) is 5.91 Å². The van der Waals surface area contributed by atoms with Crippen LogP contribution in [-0.4, -0.2) is 47.1 Å². The fraction of sp³-hybridized carbons (Fsp3) is 0.571. The van der Waals surface area contributed by atoms with E-state index in [-0.39, 0.29) is 12.5 Å². The zero-order valence-corrected chi connectivity index (χ0v) is 11.7. The highest BCUT2D eigenvalue weighted by Gasteiger charge is 2.14. The average molecular weight is 265 g/mol. The first kappa shape index (κ1) is 15.4. The normalized spacial score (nSPS) is 10.3. The third-order valence-electron chi connectivity index (χ3n) is 2.82. The molecule has 0 aromatic carbocycles. The summed E-state index contributed by atoms with van der Waals surface area (Å²) in [7, 11) is 0. The van der Waals surface area contributed by atoms with Gasteiger partial charge in [-0.3, -0.25) is 4.79 Å². The number of aliphatic hydroxyl groups excluding tert-OH is 1. The summed E-state index contributed by atoms with van der Waals surface area (Å²) in [6.45, 7) is 6.19. The van der Waals surface area contributed by atoms with Crippen LogP contribution >= 0.6 is 0 Å². The number of anilines is 1. The Morgan fingerprint density at radius 1 is 1.42 bits per heavy atom. The van der Waals surface area contributed by atoms with Crippen molar-refractivity contribution in [3.8, 4) is 0 Å². The molecule has 106 valence electrons. The monoisotopic (exact) mass is 265 g/mol. The first-order valence-corrected chi connectivity index (χ1v) is 6.83. The smallest absolute Gasteiger partial charge is 0.272 e. The van der Waals surface area contributed by atoms with Gasteiger partial charge in [0, 0.05) is 26.2 Å². The molecule has 0 aliphatic heterocycles. The summed E-state index contributed by atoms with van der Waals surface area (Å²) in [6.07, 6.45) is 3.32. The molecule has 0 spiro atoms. The van der Waals surface area contributed by atoms with Crippen molar-refractivity contribution in [2.45, 2.75) is 26.7 Å². The van der Waals surface area contributed by atoms with E-state index in [1.807, 2.05) is 13.0 Å². The summed E-state index contributed by atoms with van der Waals surface area (Å²) < 4.78 is 0. The molecular weight excluding hydrogens is 242 g/mol. The van der Waals surface area contributed by atoms with Gasteiger partial charge < -0.3 is 15.3 Å². The Morgan fingerprint density at radius 2 is 2.21 bits per heavy atom. The molecule has 0 unspecified atom stereocenters. The second-order valence-corrected chi connectivity index (χ2v) is 4.32. The summed E-state index contributed by atoms with van der Waals surface area (Å²) in [5.41, 5.74) is 1.37. The van der Waals surface area contributed by atoms with E-state index in [0.29, 0.717) is 25.2 Å². The van der Waals surface area contributed by atoms with E-state index >= 15 is 0 Å². The van der Waals surface area contributed by atoms with Crippen molar-refractivity contribution in [2.24, 2.45) is 0 Å². The van der Waals surface area contributed by atoms with Gasteiger partial charge in [0.2, 0.25) is 0 Å². The van der Waals surface area contributed by atoms with Gasteiger partial charge >= 0.3 is 0 Å². The van der Waals surface area contributed by atoms with Crippen LogP contribution in [0.25, 0.3) is 0 Å². The third kappa shape index (κ3) is 4.87. The molecular formula is C14H23N3O2. The molecule has 1 rings (SSSR count). The summed E-state index contributed by atoms with van der Waals surface area (Å²) >= 11 is 0. The SMILES string of the molecule is CCCNc1ccc(C(=O)N(CC)CCCO)nc1. The van der Waals surface area contributed by atoms with Crippen LogP contribution < -0.4 is 5.32 Å². The lowest BCUT2D eigenvalue weighted by Crippen LogP contribution is -2.32. The van der Waals surface area contributed by atoms with Gasteiger partial charge in [0.1, 0.15) is 5.69 Å². The molecule has 1 heterocycles. The number of hydrogen-bond donors (Lipinski definition) is 2. The van der Waals surface area contributed by atoms with Crippen molar-refractivity contribution >= 4 is 11.6 Å². The van der Waals surface area contributed by atoms with Crippen LogP contribution in [0.3, 0.4) is 0 Å². The van der Waals surface area contributed by atoms with Crippen molar-refractivity contribution in [2.75, 3.05) is 31.6 Å². The van der Waals surface area contributed by atoms with Gasteiger partial charge in [-0.25, -0.2) is 4.98 Å². The van der Waals surface area contributed by atoms with Gasteiger partial charge in [0.15, 0.2) is 0 Å². The molecule has 0 aliphatic carbocycles. The number of hydrogen-bond acceptors (Lipinski definition) is 4.